The van der Waals surface area contributed by atoms with E-state index in [1.807, 2.05) is 26.0 Å². The third-order valence-electron chi connectivity index (χ3n) is 4.88. The van der Waals surface area contributed by atoms with Gasteiger partial charge in [-0.25, -0.2) is 24.3 Å². The number of H-pyrrole nitrogens is 1. The van der Waals surface area contributed by atoms with E-state index in [9.17, 15) is 9.18 Å². The summed E-state index contributed by atoms with van der Waals surface area (Å²) in [6, 6.07) is 9.44. The van der Waals surface area contributed by atoms with Crippen molar-refractivity contribution in [1.29, 1.82) is 0 Å². The van der Waals surface area contributed by atoms with Gasteiger partial charge in [-0.3, -0.25) is 9.36 Å². The maximum absolute atomic E-state index is 13.5. The number of hydrogen-bond acceptors (Lipinski definition) is 6. The Balaban J connectivity index is 0.000000203. The lowest BCUT2D eigenvalue weighted by Crippen LogP contribution is -2.23. The van der Waals surface area contributed by atoms with Crippen LogP contribution in [0.4, 0.5) is 10.2 Å². The molecule has 5 aromatic rings. The second-order valence-electron chi connectivity index (χ2n) is 6.98. The van der Waals surface area contributed by atoms with E-state index in [0.717, 1.165) is 5.56 Å². The summed E-state index contributed by atoms with van der Waals surface area (Å²) >= 11 is 6.16. The topological polar surface area (TPSA) is 115 Å². The molecular formula is C22H19ClFN7O. The van der Waals surface area contributed by atoms with Crippen LogP contribution in [-0.4, -0.2) is 29.5 Å². The number of rotatable bonds is 2. The van der Waals surface area contributed by atoms with E-state index >= 15 is 0 Å². The number of anilines is 1. The van der Waals surface area contributed by atoms with Crippen LogP contribution in [0.3, 0.4) is 0 Å². The SMILES string of the molecule is CCc1nc2ccc(F)cc2c(=O)n1-c1ccc(C)c(Cl)c1.Nc1ncnc2nc[nH]c12. The number of benzene rings is 2. The molecule has 0 bridgehead atoms. The molecule has 0 amide bonds. The summed E-state index contributed by atoms with van der Waals surface area (Å²) in [5.74, 6) is 0.593. The van der Waals surface area contributed by atoms with Crippen LogP contribution in [0.5, 0.6) is 0 Å². The Morgan fingerprint density at radius 3 is 2.69 bits per heavy atom. The molecule has 0 spiro atoms. The molecule has 0 aliphatic heterocycles. The van der Waals surface area contributed by atoms with E-state index in [2.05, 4.69) is 24.9 Å². The van der Waals surface area contributed by atoms with E-state index in [1.165, 1.54) is 35.4 Å². The molecule has 8 nitrogen and oxygen atoms in total. The Bertz CT molecular complexity index is 1500. The zero-order chi connectivity index (χ0) is 22.8. The number of nitrogen functional groups attached to an aromatic ring is 1. The number of aromatic amines is 1. The van der Waals surface area contributed by atoms with E-state index in [4.69, 9.17) is 17.3 Å². The average Bonchev–Trinajstić information content (AvgIpc) is 3.27. The number of nitrogens with one attached hydrogen (secondary N) is 1. The van der Waals surface area contributed by atoms with Crippen LogP contribution in [0, 0.1) is 12.7 Å². The molecule has 5 rings (SSSR count). The van der Waals surface area contributed by atoms with Gasteiger partial charge in [-0.05, 0) is 42.8 Å². The Labute approximate surface area is 186 Å². The summed E-state index contributed by atoms with van der Waals surface area (Å²) in [6.07, 6.45) is 3.50. The minimum absolute atomic E-state index is 0.258. The van der Waals surface area contributed by atoms with Crippen LogP contribution in [-0.2, 0) is 6.42 Å². The third-order valence-corrected chi connectivity index (χ3v) is 5.29. The molecule has 0 aliphatic carbocycles. The van der Waals surface area contributed by atoms with Crippen molar-refractivity contribution in [2.24, 2.45) is 0 Å². The van der Waals surface area contributed by atoms with Crippen LogP contribution in [0.25, 0.3) is 27.8 Å². The monoisotopic (exact) mass is 451 g/mol. The molecule has 0 saturated carbocycles. The first-order valence-corrected chi connectivity index (χ1v) is 10.1. The highest BCUT2D eigenvalue weighted by Crippen LogP contribution is 2.21. The molecule has 3 N–H and O–H groups in total. The van der Waals surface area contributed by atoms with Gasteiger partial charge in [0.15, 0.2) is 11.5 Å². The molecule has 0 unspecified atom stereocenters. The van der Waals surface area contributed by atoms with Crippen LogP contribution < -0.4 is 11.3 Å². The van der Waals surface area contributed by atoms with Crippen LogP contribution in [0.15, 0.2) is 53.8 Å². The van der Waals surface area contributed by atoms with E-state index < -0.39 is 5.82 Å². The van der Waals surface area contributed by atoms with Crippen molar-refractivity contribution in [2.75, 3.05) is 5.73 Å². The van der Waals surface area contributed by atoms with Gasteiger partial charge < -0.3 is 10.7 Å². The van der Waals surface area contributed by atoms with Gasteiger partial charge in [-0.2, -0.15) is 0 Å². The summed E-state index contributed by atoms with van der Waals surface area (Å²) in [5, 5.41) is 0.833. The zero-order valence-electron chi connectivity index (χ0n) is 17.3. The van der Waals surface area contributed by atoms with Crippen molar-refractivity contribution in [3.05, 3.63) is 81.6 Å². The second-order valence-corrected chi connectivity index (χ2v) is 7.38. The summed E-state index contributed by atoms with van der Waals surface area (Å²) in [6.45, 7) is 3.81. The number of imidazole rings is 1. The predicted octanol–water partition coefficient (Wildman–Crippen LogP) is 3.98. The van der Waals surface area contributed by atoms with Crippen molar-refractivity contribution in [1.82, 2.24) is 29.5 Å². The van der Waals surface area contributed by atoms with Gasteiger partial charge in [0.25, 0.3) is 5.56 Å². The third kappa shape index (κ3) is 4.02. The standard InChI is InChI=1S/C17H14ClFN2O.C5H5N5/c1-3-16-20-15-7-5-11(19)8-13(15)17(22)21(16)12-6-4-10(2)14(18)9-12;6-4-3-5(9-1-7-3)10-2-8-4/h4-9H,3H2,1-2H3;1-2H,(H3,6,7,8,9,10). The van der Waals surface area contributed by atoms with Crippen LogP contribution >= 0.6 is 11.6 Å². The van der Waals surface area contributed by atoms with E-state index in [1.54, 1.807) is 6.07 Å². The van der Waals surface area contributed by atoms with Gasteiger partial charge in [-0.15, -0.1) is 0 Å². The number of aryl methyl sites for hydroxylation is 2. The molecule has 0 fully saturated rings. The number of nitrogens with two attached hydrogens (primary N) is 1. The summed E-state index contributed by atoms with van der Waals surface area (Å²) in [5.41, 5.74) is 8.55. The van der Waals surface area contributed by atoms with Crippen molar-refractivity contribution in [3.63, 3.8) is 0 Å². The molecule has 0 aliphatic rings. The van der Waals surface area contributed by atoms with Gasteiger partial charge in [0.05, 0.1) is 22.9 Å². The second kappa shape index (κ2) is 8.72. The van der Waals surface area contributed by atoms with Crippen molar-refractivity contribution in [3.8, 4) is 5.69 Å². The Kier molecular flexibility index (Phi) is 5.83. The van der Waals surface area contributed by atoms with Crippen molar-refractivity contribution >= 4 is 39.5 Å². The van der Waals surface area contributed by atoms with Gasteiger partial charge in [0, 0.05) is 11.4 Å². The summed E-state index contributed by atoms with van der Waals surface area (Å²) in [7, 11) is 0. The van der Waals surface area contributed by atoms with Crippen molar-refractivity contribution < 1.29 is 4.39 Å². The number of nitrogens with zero attached hydrogens (tertiary/aromatic N) is 5. The molecule has 3 heterocycles. The fourth-order valence-corrected chi connectivity index (χ4v) is 3.39. The zero-order valence-corrected chi connectivity index (χ0v) is 18.1. The molecule has 0 atom stereocenters. The highest BCUT2D eigenvalue weighted by molar-refractivity contribution is 6.31. The van der Waals surface area contributed by atoms with Gasteiger partial charge >= 0.3 is 0 Å². The first-order valence-electron chi connectivity index (χ1n) is 9.76. The number of halogens is 2. The molecule has 0 saturated heterocycles. The molecule has 162 valence electrons. The molecule has 10 heteroatoms. The van der Waals surface area contributed by atoms with Gasteiger partial charge in [0.1, 0.15) is 23.5 Å². The highest BCUT2D eigenvalue weighted by Gasteiger charge is 2.13. The number of hydrogen-bond donors (Lipinski definition) is 2. The van der Waals surface area contributed by atoms with Crippen LogP contribution in [0.1, 0.15) is 18.3 Å². The van der Waals surface area contributed by atoms with Crippen molar-refractivity contribution in [2.45, 2.75) is 20.3 Å². The normalized spacial score (nSPS) is 10.9. The minimum atomic E-state index is -0.455. The van der Waals surface area contributed by atoms with Gasteiger partial charge in [-0.1, -0.05) is 24.6 Å². The molecule has 3 aromatic heterocycles. The summed E-state index contributed by atoms with van der Waals surface area (Å²) in [4.78, 5) is 31.6. The molecule has 2 aromatic carbocycles. The van der Waals surface area contributed by atoms with E-state index in [0.29, 0.717) is 45.5 Å². The lowest BCUT2D eigenvalue weighted by Gasteiger charge is -2.13. The minimum Gasteiger partial charge on any atom is -0.382 e. The molecule has 0 radical (unpaired) electrons. The first kappa shape index (κ1) is 21.4. The highest BCUT2D eigenvalue weighted by atomic mass is 35.5. The number of fused-ring (bicyclic) bond motifs is 2. The Hall–Kier alpha value is -3.85. The number of aromatic nitrogens is 6. The Morgan fingerprint density at radius 2 is 1.97 bits per heavy atom. The molecular weight excluding hydrogens is 433 g/mol. The fourth-order valence-electron chi connectivity index (χ4n) is 3.21. The van der Waals surface area contributed by atoms with Gasteiger partial charge in [0.2, 0.25) is 0 Å². The maximum Gasteiger partial charge on any atom is 0.266 e. The summed E-state index contributed by atoms with van der Waals surface area (Å²) < 4.78 is 14.9. The lowest BCUT2D eigenvalue weighted by atomic mass is 10.2. The predicted molar refractivity (Wildman–Crippen MR) is 123 cm³/mol. The lowest BCUT2D eigenvalue weighted by molar-refractivity contribution is 0.629. The quantitative estimate of drug-likeness (QED) is 0.419. The van der Waals surface area contributed by atoms with Crippen LogP contribution in [0.2, 0.25) is 5.02 Å². The smallest absolute Gasteiger partial charge is 0.266 e. The Morgan fingerprint density at radius 1 is 1.16 bits per heavy atom. The van der Waals surface area contributed by atoms with E-state index in [-0.39, 0.29) is 10.9 Å². The first-order chi connectivity index (χ1) is 15.4. The fraction of sp³-hybridized carbons (Fsp3) is 0.136. The average molecular weight is 452 g/mol. The molecule has 32 heavy (non-hydrogen) atoms. The largest absolute Gasteiger partial charge is 0.382 e. The maximum atomic E-state index is 13.5.